The van der Waals surface area contributed by atoms with Gasteiger partial charge in [0.05, 0.1) is 24.9 Å². The maximum absolute atomic E-state index is 13.3. The van der Waals surface area contributed by atoms with E-state index in [1.165, 1.54) is 11.3 Å². The maximum atomic E-state index is 13.3. The second-order valence-corrected chi connectivity index (χ2v) is 10.5. The van der Waals surface area contributed by atoms with Crippen LogP contribution in [-0.4, -0.2) is 18.8 Å². The standard InChI is InChI=1S/C31H37N3O3/c1-31(2,3)37-30(35)34(26-15-17-27(36-4)18-16-26)20-19-28(23-11-7-5-8-12-23)29(25(21-32)22-33)24-13-9-6-10-14-24/h5,7-8,11-12,15-20,24-25,28-29H,6,9-10,13-14H2,1-4H3/b20-19-/t28-,29+/m0/s1. The highest BCUT2D eigenvalue weighted by molar-refractivity contribution is 5.90. The molecule has 2 atom stereocenters. The zero-order chi connectivity index (χ0) is 26.8. The second kappa shape index (κ2) is 13.0. The van der Waals surface area contributed by atoms with Gasteiger partial charge in [0.15, 0.2) is 0 Å². The van der Waals surface area contributed by atoms with Crippen molar-refractivity contribution in [3.63, 3.8) is 0 Å². The van der Waals surface area contributed by atoms with E-state index in [0.29, 0.717) is 11.4 Å². The van der Waals surface area contributed by atoms with Crippen molar-refractivity contribution in [3.8, 4) is 17.9 Å². The van der Waals surface area contributed by atoms with Gasteiger partial charge in [0, 0.05) is 18.0 Å². The Labute approximate surface area is 221 Å². The molecule has 3 rings (SSSR count). The van der Waals surface area contributed by atoms with Crippen LogP contribution in [0.3, 0.4) is 0 Å². The number of allylic oxidation sites excluding steroid dienone is 1. The normalized spacial score (nSPS) is 16.0. The van der Waals surface area contributed by atoms with Crippen LogP contribution in [0.2, 0.25) is 0 Å². The van der Waals surface area contributed by atoms with Crippen LogP contribution in [0, 0.1) is 40.4 Å². The molecule has 0 bridgehead atoms. The molecule has 1 fully saturated rings. The molecule has 37 heavy (non-hydrogen) atoms. The van der Waals surface area contributed by atoms with Crippen molar-refractivity contribution in [2.45, 2.75) is 64.4 Å². The van der Waals surface area contributed by atoms with Crippen LogP contribution in [-0.2, 0) is 4.74 Å². The summed E-state index contributed by atoms with van der Waals surface area (Å²) in [5, 5.41) is 19.9. The lowest BCUT2D eigenvalue weighted by Crippen LogP contribution is -2.34. The van der Waals surface area contributed by atoms with Crippen LogP contribution in [0.1, 0.15) is 64.4 Å². The van der Waals surface area contributed by atoms with Gasteiger partial charge in [0.1, 0.15) is 17.3 Å². The summed E-state index contributed by atoms with van der Waals surface area (Å²) in [6.07, 6.45) is 8.57. The number of amides is 1. The molecule has 2 aromatic carbocycles. The number of anilines is 1. The van der Waals surface area contributed by atoms with Gasteiger partial charge in [0.2, 0.25) is 0 Å². The highest BCUT2D eigenvalue weighted by Gasteiger charge is 2.37. The number of benzene rings is 2. The molecule has 0 N–H and O–H groups in total. The van der Waals surface area contributed by atoms with Gasteiger partial charge in [-0.05, 0) is 56.5 Å². The molecule has 0 saturated heterocycles. The molecule has 0 spiro atoms. The Bertz CT molecular complexity index is 1100. The molecular formula is C31H37N3O3. The Morgan fingerprint density at radius 2 is 1.62 bits per heavy atom. The Morgan fingerprint density at radius 1 is 1.00 bits per heavy atom. The minimum Gasteiger partial charge on any atom is -0.497 e. The number of hydrogen-bond donors (Lipinski definition) is 0. The molecule has 0 unspecified atom stereocenters. The Kier molecular flexibility index (Phi) is 9.75. The predicted molar refractivity (Wildman–Crippen MR) is 145 cm³/mol. The van der Waals surface area contributed by atoms with E-state index in [0.717, 1.165) is 31.2 Å². The SMILES string of the molecule is COc1ccc(N(/C=C\[C@@H](c2ccccc2)[C@@H](C(C#N)C#N)C2CCCCC2)C(=O)OC(C)(C)C)cc1. The minimum absolute atomic E-state index is 0.190. The number of rotatable bonds is 8. The Balaban J connectivity index is 2.08. The van der Waals surface area contributed by atoms with Crippen LogP contribution >= 0.6 is 0 Å². The molecule has 1 saturated carbocycles. The van der Waals surface area contributed by atoms with Gasteiger partial charge in [-0.2, -0.15) is 10.5 Å². The summed E-state index contributed by atoms with van der Waals surface area (Å²) < 4.78 is 11.0. The zero-order valence-corrected chi connectivity index (χ0v) is 22.3. The van der Waals surface area contributed by atoms with Crippen LogP contribution in [0.5, 0.6) is 5.75 Å². The van der Waals surface area contributed by atoms with E-state index in [1.54, 1.807) is 37.6 Å². The molecule has 0 aliphatic heterocycles. The smallest absolute Gasteiger partial charge is 0.418 e. The number of nitrogens with zero attached hydrogens (tertiary/aromatic N) is 3. The van der Waals surface area contributed by atoms with Gasteiger partial charge < -0.3 is 9.47 Å². The molecule has 0 heterocycles. The van der Waals surface area contributed by atoms with Crippen molar-refractivity contribution < 1.29 is 14.3 Å². The molecular weight excluding hydrogens is 462 g/mol. The van der Waals surface area contributed by atoms with Crippen molar-refractivity contribution in [2.24, 2.45) is 17.8 Å². The largest absolute Gasteiger partial charge is 0.497 e. The first-order valence-electron chi connectivity index (χ1n) is 13.0. The molecule has 2 aromatic rings. The van der Waals surface area contributed by atoms with Gasteiger partial charge in [-0.15, -0.1) is 0 Å². The molecule has 0 radical (unpaired) electrons. The summed E-state index contributed by atoms with van der Waals surface area (Å²) >= 11 is 0. The molecule has 6 heteroatoms. The third-order valence-electron chi connectivity index (χ3n) is 6.84. The zero-order valence-electron chi connectivity index (χ0n) is 22.3. The van der Waals surface area contributed by atoms with E-state index in [9.17, 15) is 15.3 Å². The number of nitriles is 2. The van der Waals surface area contributed by atoms with Crippen LogP contribution in [0.4, 0.5) is 10.5 Å². The summed E-state index contributed by atoms with van der Waals surface area (Å²) in [4.78, 5) is 14.8. The van der Waals surface area contributed by atoms with E-state index in [1.807, 2.05) is 57.2 Å². The van der Waals surface area contributed by atoms with Crippen molar-refractivity contribution in [2.75, 3.05) is 12.0 Å². The van der Waals surface area contributed by atoms with Crippen LogP contribution < -0.4 is 9.64 Å². The average molecular weight is 500 g/mol. The van der Waals surface area contributed by atoms with Crippen molar-refractivity contribution in [1.29, 1.82) is 10.5 Å². The van der Waals surface area contributed by atoms with Gasteiger partial charge in [-0.25, -0.2) is 4.79 Å². The van der Waals surface area contributed by atoms with Gasteiger partial charge >= 0.3 is 6.09 Å². The third kappa shape index (κ3) is 7.61. The maximum Gasteiger partial charge on any atom is 0.418 e. The molecule has 194 valence electrons. The van der Waals surface area contributed by atoms with Gasteiger partial charge in [-0.1, -0.05) is 68.5 Å². The number of carbonyl (C=O) groups is 1. The first kappa shape index (κ1) is 27.8. The fraction of sp³-hybridized carbons (Fsp3) is 0.452. The summed E-state index contributed by atoms with van der Waals surface area (Å²) in [6.45, 7) is 5.49. The molecule has 1 aliphatic carbocycles. The summed E-state index contributed by atoms with van der Waals surface area (Å²) in [6, 6.07) is 21.7. The van der Waals surface area contributed by atoms with Crippen LogP contribution in [0.25, 0.3) is 0 Å². The summed E-state index contributed by atoms with van der Waals surface area (Å²) in [7, 11) is 1.59. The highest BCUT2D eigenvalue weighted by atomic mass is 16.6. The monoisotopic (exact) mass is 499 g/mol. The fourth-order valence-corrected chi connectivity index (χ4v) is 5.11. The second-order valence-electron chi connectivity index (χ2n) is 10.5. The number of methoxy groups -OCH3 is 1. The van der Waals surface area contributed by atoms with Crippen molar-refractivity contribution in [1.82, 2.24) is 0 Å². The lowest BCUT2D eigenvalue weighted by Gasteiger charge is -2.36. The molecule has 1 aliphatic rings. The Hall–Kier alpha value is -3.77. The summed E-state index contributed by atoms with van der Waals surface area (Å²) in [5.41, 5.74) is 0.972. The van der Waals surface area contributed by atoms with Gasteiger partial charge in [0.25, 0.3) is 0 Å². The van der Waals surface area contributed by atoms with Crippen molar-refractivity contribution >= 4 is 11.8 Å². The molecule has 0 aromatic heterocycles. The van der Waals surface area contributed by atoms with E-state index >= 15 is 0 Å². The number of ether oxygens (including phenoxy) is 2. The van der Waals surface area contributed by atoms with E-state index in [2.05, 4.69) is 12.1 Å². The first-order valence-corrected chi connectivity index (χ1v) is 13.0. The predicted octanol–water partition coefficient (Wildman–Crippen LogP) is 7.59. The average Bonchev–Trinajstić information content (AvgIpc) is 2.90. The van der Waals surface area contributed by atoms with Crippen molar-refractivity contribution in [3.05, 3.63) is 72.4 Å². The number of hydrogen-bond acceptors (Lipinski definition) is 5. The molecule has 6 nitrogen and oxygen atoms in total. The van der Waals surface area contributed by atoms with E-state index in [-0.39, 0.29) is 17.8 Å². The quantitative estimate of drug-likeness (QED) is 0.373. The Morgan fingerprint density at radius 3 is 2.16 bits per heavy atom. The lowest BCUT2D eigenvalue weighted by atomic mass is 9.67. The fourth-order valence-electron chi connectivity index (χ4n) is 5.11. The number of carbonyl (C=O) groups excluding carboxylic acids is 1. The highest BCUT2D eigenvalue weighted by Crippen LogP contribution is 2.43. The van der Waals surface area contributed by atoms with E-state index in [4.69, 9.17) is 9.47 Å². The van der Waals surface area contributed by atoms with Gasteiger partial charge in [-0.3, -0.25) is 4.90 Å². The topological polar surface area (TPSA) is 86.4 Å². The molecule has 1 amide bonds. The lowest BCUT2D eigenvalue weighted by molar-refractivity contribution is 0.0596. The summed E-state index contributed by atoms with van der Waals surface area (Å²) in [5.74, 6) is -0.234. The van der Waals surface area contributed by atoms with Crippen LogP contribution in [0.15, 0.2) is 66.9 Å². The van der Waals surface area contributed by atoms with E-state index < -0.39 is 17.6 Å². The third-order valence-corrected chi connectivity index (χ3v) is 6.84. The minimum atomic E-state index is -0.756. The first-order chi connectivity index (χ1) is 17.8.